The van der Waals surface area contributed by atoms with Crippen LogP contribution in [0.5, 0.6) is 0 Å². The van der Waals surface area contributed by atoms with Crippen LogP contribution in [0, 0.1) is 11.8 Å². The van der Waals surface area contributed by atoms with Gasteiger partial charge < -0.3 is 10.2 Å². The molecule has 0 spiro atoms. The molecule has 1 aliphatic heterocycles. The first-order valence-electron chi connectivity index (χ1n) is 8.92. The maximum atomic E-state index is 12.8. The zero-order valence-electron chi connectivity index (χ0n) is 15.8. The van der Waals surface area contributed by atoms with Crippen molar-refractivity contribution in [3.8, 4) is 0 Å². The van der Waals surface area contributed by atoms with Gasteiger partial charge in [-0.05, 0) is 44.4 Å². The van der Waals surface area contributed by atoms with E-state index in [-0.39, 0.29) is 24.4 Å². The van der Waals surface area contributed by atoms with E-state index in [1.165, 1.54) is 0 Å². The summed E-state index contributed by atoms with van der Waals surface area (Å²) >= 11 is 12.2. The molecule has 0 aliphatic carbocycles. The molecular weight excluding hydrogens is 373 g/mol. The molecule has 1 fully saturated rings. The maximum Gasteiger partial charge on any atom is 0.239 e. The minimum Gasteiger partial charge on any atom is -0.341 e. The Morgan fingerprint density at radius 3 is 2.31 bits per heavy atom. The first-order chi connectivity index (χ1) is 12.2. The Balaban J connectivity index is 1.94. The highest BCUT2D eigenvalue weighted by molar-refractivity contribution is 6.39. The molecule has 0 bridgehead atoms. The second-order valence-corrected chi connectivity index (χ2v) is 8.24. The fraction of sp³-hybridized carbons (Fsp3) is 0.579. The van der Waals surface area contributed by atoms with E-state index in [9.17, 15) is 9.59 Å². The van der Waals surface area contributed by atoms with Crippen molar-refractivity contribution in [3.05, 3.63) is 28.2 Å². The van der Waals surface area contributed by atoms with Gasteiger partial charge in [0.1, 0.15) is 0 Å². The van der Waals surface area contributed by atoms with Gasteiger partial charge in [-0.2, -0.15) is 0 Å². The fourth-order valence-electron chi connectivity index (χ4n) is 3.46. The minimum atomic E-state index is -0.375. The van der Waals surface area contributed by atoms with Crippen LogP contribution in [-0.4, -0.2) is 54.3 Å². The lowest BCUT2D eigenvalue weighted by molar-refractivity contribution is -0.139. The van der Waals surface area contributed by atoms with E-state index < -0.39 is 0 Å². The van der Waals surface area contributed by atoms with Gasteiger partial charge >= 0.3 is 0 Å². The molecule has 5 nitrogen and oxygen atoms in total. The zero-order chi connectivity index (χ0) is 19.4. The summed E-state index contributed by atoms with van der Waals surface area (Å²) in [6.07, 6.45) is 1.15. The van der Waals surface area contributed by atoms with Gasteiger partial charge in [0, 0.05) is 13.1 Å². The third-order valence-electron chi connectivity index (χ3n) is 4.82. The van der Waals surface area contributed by atoms with E-state index >= 15 is 0 Å². The maximum absolute atomic E-state index is 12.8. The molecule has 3 unspecified atom stereocenters. The molecule has 3 atom stereocenters. The smallest absolute Gasteiger partial charge is 0.239 e. The van der Waals surface area contributed by atoms with Gasteiger partial charge in [-0.1, -0.05) is 43.1 Å². The van der Waals surface area contributed by atoms with E-state index in [0.717, 1.165) is 19.5 Å². The monoisotopic (exact) mass is 399 g/mol. The Kier molecular flexibility index (Phi) is 7.33. The Labute approximate surface area is 165 Å². The van der Waals surface area contributed by atoms with Crippen LogP contribution in [0.25, 0.3) is 0 Å². The van der Waals surface area contributed by atoms with E-state index in [2.05, 4.69) is 19.2 Å². The number of hydrogen-bond acceptors (Lipinski definition) is 3. The van der Waals surface area contributed by atoms with Crippen molar-refractivity contribution in [1.82, 2.24) is 9.80 Å². The number of rotatable bonds is 5. The molecule has 1 aromatic carbocycles. The lowest BCUT2D eigenvalue weighted by Gasteiger charge is -2.38. The highest BCUT2D eigenvalue weighted by Gasteiger charge is 2.30. The molecule has 1 aromatic rings. The number of para-hydroxylation sites is 1. The van der Waals surface area contributed by atoms with Gasteiger partial charge in [-0.15, -0.1) is 0 Å². The number of piperidine rings is 1. The van der Waals surface area contributed by atoms with Crippen LogP contribution in [0.2, 0.25) is 10.0 Å². The number of hydrogen-bond donors (Lipinski definition) is 1. The zero-order valence-corrected chi connectivity index (χ0v) is 17.3. The average molecular weight is 400 g/mol. The molecule has 144 valence electrons. The van der Waals surface area contributed by atoms with Crippen molar-refractivity contribution >= 4 is 40.7 Å². The number of carbonyl (C=O) groups is 2. The van der Waals surface area contributed by atoms with Gasteiger partial charge in [-0.3, -0.25) is 14.5 Å². The van der Waals surface area contributed by atoms with E-state index in [1.807, 2.05) is 11.8 Å². The molecule has 0 radical (unpaired) electrons. The van der Waals surface area contributed by atoms with Crippen LogP contribution in [0.15, 0.2) is 18.2 Å². The molecule has 1 N–H and O–H groups in total. The SMILES string of the molecule is CC1CC(C)CN(C(=O)C(C)N(C)CC(=O)Nc2c(Cl)cccc2Cl)C1. The number of nitrogens with one attached hydrogen (secondary N) is 1. The molecule has 2 amide bonds. The number of amides is 2. The summed E-state index contributed by atoms with van der Waals surface area (Å²) in [4.78, 5) is 28.8. The summed E-state index contributed by atoms with van der Waals surface area (Å²) in [5, 5.41) is 3.49. The highest BCUT2D eigenvalue weighted by atomic mass is 35.5. The quantitative estimate of drug-likeness (QED) is 0.819. The molecule has 1 heterocycles. The van der Waals surface area contributed by atoms with Crippen LogP contribution in [0.4, 0.5) is 5.69 Å². The van der Waals surface area contributed by atoms with Gasteiger partial charge in [-0.25, -0.2) is 0 Å². The number of halogens is 2. The Hall–Kier alpha value is -1.30. The van der Waals surface area contributed by atoms with Crippen LogP contribution in [-0.2, 0) is 9.59 Å². The van der Waals surface area contributed by atoms with Crippen LogP contribution in [0.3, 0.4) is 0 Å². The molecule has 0 saturated carbocycles. The Morgan fingerprint density at radius 1 is 1.23 bits per heavy atom. The topological polar surface area (TPSA) is 52.7 Å². The molecular formula is C19H27Cl2N3O2. The van der Waals surface area contributed by atoms with Crippen molar-refractivity contribution in [2.45, 2.75) is 33.2 Å². The number of carbonyl (C=O) groups excluding carboxylic acids is 2. The van der Waals surface area contributed by atoms with Crippen molar-refractivity contribution in [1.29, 1.82) is 0 Å². The van der Waals surface area contributed by atoms with Gasteiger partial charge in [0.05, 0.1) is 28.3 Å². The number of nitrogens with zero attached hydrogens (tertiary/aromatic N) is 2. The van der Waals surface area contributed by atoms with E-state index in [1.54, 1.807) is 30.1 Å². The number of benzene rings is 1. The van der Waals surface area contributed by atoms with Crippen LogP contribution >= 0.6 is 23.2 Å². The second kappa shape index (κ2) is 9.07. The predicted octanol–water partition coefficient (Wildman–Crippen LogP) is 3.76. The van der Waals surface area contributed by atoms with Crippen molar-refractivity contribution in [3.63, 3.8) is 0 Å². The molecule has 7 heteroatoms. The third-order valence-corrected chi connectivity index (χ3v) is 5.45. The largest absolute Gasteiger partial charge is 0.341 e. The minimum absolute atomic E-state index is 0.0643. The van der Waals surface area contributed by atoms with E-state index in [0.29, 0.717) is 27.6 Å². The lowest BCUT2D eigenvalue weighted by atomic mass is 9.91. The van der Waals surface area contributed by atoms with Crippen LogP contribution < -0.4 is 5.32 Å². The first kappa shape index (κ1) is 21.0. The first-order valence-corrected chi connectivity index (χ1v) is 9.67. The van der Waals surface area contributed by atoms with Gasteiger partial charge in [0.2, 0.25) is 11.8 Å². The number of likely N-dealkylation sites (N-methyl/N-ethyl adjacent to an activating group) is 1. The highest BCUT2D eigenvalue weighted by Crippen LogP contribution is 2.29. The second-order valence-electron chi connectivity index (χ2n) is 7.43. The Bertz CT molecular complexity index is 638. The molecule has 1 aliphatic rings. The summed E-state index contributed by atoms with van der Waals surface area (Å²) < 4.78 is 0. The molecule has 1 saturated heterocycles. The van der Waals surface area contributed by atoms with E-state index in [4.69, 9.17) is 23.2 Å². The number of likely N-dealkylation sites (tertiary alicyclic amines) is 1. The third kappa shape index (κ3) is 5.35. The predicted molar refractivity (Wildman–Crippen MR) is 107 cm³/mol. The normalized spacial score (nSPS) is 21.6. The summed E-state index contributed by atoms with van der Waals surface area (Å²) in [6, 6.07) is 4.67. The fourth-order valence-corrected chi connectivity index (χ4v) is 3.95. The molecule has 0 aromatic heterocycles. The molecule has 26 heavy (non-hydrogen) atoms. The standard InChI is InChI=1S/C19H27Cl2N3O2/c1-12-8-13(2)10-24(9-12)19(26)14(3)23(4)11-17(25)22-18-15(20)6-5-7-16(18)21/h5-7,12-14H,8-11H2,1-4H3,(H,22,25). The summed E-state index contributed by atoms with van der Waals surface area (Å²) in [5.74, 6) is 0.814. The average Bonchev–Trinajstić information content (AvgIpc) is 2.56. The lowest BCUT2D eigenvalue weighted by Crippen LogP contribution is -2.51. The van der Waals surface area contributed by atoms with Gasteiger partial charge in [0.15, 0.2) is 0 Å². The Morgan fingerprint density at radius 2 is 1.77 bits per heavy atom. The van der Waals surface area contributed by atoms with Gasteiger partial charge in [0.25, 0.3) is 0 Å². The van der Waals surface area contributed by atoms with Crippen molar-refractivity contribution < 1.29 is 9.59 Å². The molecule has 2 rings (SSSR count). The van der Waals surface area contributed by atoms with Crippen molar-refractivity contribution in [2.75, 3.05) is 32.0 Å². The summed E-state index contributed by atoms with van der Waals surface area (Å²) in [6.45, 7) is 7.82. The summed E-state index contributed by atoms with van der Waals surface area (Å²) in [5.41, 5.74) is 0.395. The van der Waals surface area contributed by atoms with Crippen LogP contribution in [0.1, 0.15) is 27.2 Å². The summed E-state index contributed by atoms with van der Waals surface area (Å²) in [7, 11) is 1.77. The van der Waals surface area contributed by atoms with Crippen molar-refractivity contribution in [2.24, 2.45) is 11.8 Å². The number of anilines is 1.